The zero-order chi connectivity index (χ0) is 12.9. The molecule has 1 aromatic rings. The topological polar surface area (TPSA) is 12.0 Å². The largest absolute Gasteiger partial charge is 0.317 e. The Balaban J connectivity index is 2.72. The third kappa shape index (κ3) is 4.91. The Morgan fingerprint density at radius 2 is 1.94 bits per heavy atom. The monoisotopic (exact) mass is 233 g/mol. The molecule has 0 aromatic heterocycles. The second-order valence-corrected chi connectivity index (χ2v) is 6.06. The standard InChI is InChI=1S/C16H27N/c1-6-17-12-15(16(3,4)5)11-14-9-7-8-13(2)10-14/h7-10,15,17H,6,11-12H2,1-5H3. The zero-order valence-corrected chi connectivity index (χ0v) is 12.0. The van der Waals surface area contributed by atoms with Crippen molar-refractivity contribution in [1.82, 2.24) is 5.32 Å². The van der Waals surface area contributed by atoms with Gasteiger partial charge < -0.3 is 5.32 Å². The van der Waals surface area contributed by atoms with E-state index in [0.29, 0.717) is 11.3 Å². The van der Waals surface area contributed by atoms with Crippen LogP contribution in [0, 0.1) is 18.3 Å². The van der Waals surface area contributed by atoms with Crippen LogP contribution in [-0.2, 0) is 6.42 Å². The van der Waals surface area contributed by atoms with Crippen LogP contribution in [0.5, 0.6) is 0 Å². The summed E-state index contributed by atoms with van der Waals surface area (Å²) in [6.45, 7) is 13.5. The molecule has 1 nitrogen and oxygen atoms in total. The summed E-state index contributed by atoms with van der Waals surface area (Å²) >= 11 is 0. The summed E-state index contributed by atoms with van der Waals surface area (Å²) < 4.78 is 0. The molecule has 0 spiro atoms. The van der Waals surface area contributed by atoms with Crippen LogP contribution in [0.1, 0.15) is 38.8 Å². The van der Waals surface area contributed by atoms with Crippen LogP contribution >= 0.6 is 0 Å². The summed E-state index contributed by atoms with van der Waals surface area (Å²) in [4.78, 5) is 0. The van der Waals surface area contributed by atoms with E-state index in [-0.39, 0.29) is 0 Å². The van der Waals surface area contributed by atoms with Gasteiger partial charge in [0.1, 0.15) is 0 Å². The van der Waals surface area contributed by atoms with Crippen LogP contribution in [0.2, 0.25) is 0 Å². The molecule has 0 saturated heterocycles. The lowest BCUT2D eigenvalue weighted by atomic mass is 9.77. The number of nitrogens with one attached hydrogen (secondary N) is 1. The summed E-state index contributed by atoms with van der Waals surface area (Å²) in [6, 6.07) is 8.89. The average molecular weight is 233 g/mol. The van der Waals surface area contributed by atoms with Gasteiger partial charge in [0, 0.05) is 0 Å². The Bertz CT molecular complexity index is 336. The average Bonchev–Trinajstić information content (AvgIpc) is 2.22. The molecule has 0 aliphatic heterocycles. The molecule has 0 radical (unpaired) electrons. The molecule has 0 heterocycles. The van der Waals surface area contributed by atoms with E-state index < -0.39 is 0 Å². The molecule has 0 saturated carbocycles. The molecule has 1 N–H and O–H groups in total. The number of benzene rings is 1. The maximum atomic E-state index is 3.49. The smallest absolute Gasteiger partial charge is 0.00124 e. The minimum Gasteiger partial charge on any atom is -0.317 e. The first-order chi connectivity index (χ1) is 7.93. The lowest BCUT2D eigenvalue weighted by molar-refractivity contribution is 0.232. The maximum Gasteiger partial charge on any atom is -0.00124 e. The highest BCUT2D eigenvalue weighted by molar-refractivity contribution is 5.22. The van der Waals surface area contributed by atoms with Crippen LogP contribution < -0.4 is 5.32 Å². The summed E-state index contributed by atoms with van der Waals surface area (Å²) in [5.41, 5.74) is 3.17. The van der Waals surface area contributed by atoms with Crippen molar-refractivity contribution in [2.45, 2.75) is 41.0 Å². The first-order valence-electron chi connectivity index (χ1n) is 6.69. The minimum atomic E-state index is 0.353. The molecule has 0 fully saturated rings. The summed E-state index contributed by atoms with van der Waals surface area (Å²) in [7, 11) is 0. The normalized spacial score (nSPS) is 13.7. The quantitative estimate of drug-likeness (QED) is 0.815. The van der Waals surface area contributed by atoms with E-state index >= 15 is 0 Å². The summed E-state index contributed by atoms with van der Waals surface area (Å²) in [6.07, 6.45) is 1.16. The van der Waals surface area contributed by atoms with Gasteiger partial charge in [-0.25, -0.2) is 0 Å². The predicted molar refractivity (Wildman–Crippen MR) is 76.4 cm³/mol. The highest BCUT2D eigenvalue weighted by Crippen LogP contribution is 2.28. The van der Waals surface area contributed by atoms with E-state index in [9.17, 15) is 0 Å². The van der Waals surface area contributed by atoms with E-state index in [1.807, 2.05) is 0 Å². The number of hydrogen-bond donors (Lipinski definition) is 1. The van der Waals surface area contributed by atoms with Gasteiger partial charge in [-0.3, -0.25) is 0 Å². The first-order valence-corrected chi connectivity index (χ1v) is 6.69. The Labute approximate surface area is 107 Å². The van der Waals surface area contributed by atoms with Gasteiger partial charge in [0.25, 0.3) is 0 Å². The van der Waals surface area contributed by atoms with E-state index in [1.54, 1.807) is 0 Å². The van der Waals surface area contributed by atoms with Crippen LogP contribution in [-0.4, -0.2) is 13.1 Å². The van der Waals surface area contributed by atoms with E-state index in [2.05, 4.69) is 64.2 Å². The van der Waals surface area contributed by atoms with Crippen LogP contribution in [0.4, 0.5) is 0 Å². The fraction of sp³-hybridized carbons (Fsp3) is 0.625. The minimum absolute atomic E-state index is 0.353. The molecule has 1 rings (SSSR count). The Kier molecular flexibility index (Phi) is 5.20. The van der Waals surface area contributed by atoms with Gasteiger partial charge >= 0.3 is 0 Å². The summed E-state index contributed by atoms with van der Waals surface area (Å²) in [5, 5.41) is 3.49. The fourth-order valence-electron chi connectivity index (χ4n) is 2.13. The van der Waals surface area contributed by atoms with E-state index in [1.165, 1.54) is 11.1 Å². The van der Waals surface area contributed by atoms with Gasteiger partial charge in [-0.1, -0.05) is 57.5 Å². The zero-order valence-electron chi connectivity index (χ0n) is 12.0. The van der Waals surface area contributed by atoms with Gasteiger partial charge in [0.15, 0.2) is 0 Å². The number of rotatable bonds is 5. The molecule has 1 aromatic carbocycles. The molecular formula is C16H27N. The van der Waals surface area contributed by atoms with Crippen molar-refractivity contribution < 1.29 is 0 Å². The second-order valence-electron chi connectivity index (χ2n) is 6.06. The van der Waals surface area contributed by atoms with Crippen LogP contribution in [0.25, 0.3) is 0 Å². The number of aryl methyl sites for hydroxylation is 1. The molecule has 1 atom stereocenters. The van der Waals surface area contributed by atoms with Gasteiger partial charge in [0.2, 0.25) is 0 Å². The lowest BCUT2D eigenvalue weighted by Crippen LogP contribution is -2.33. The SMILES string of the molecule is CCNCC(Cc1cccc(C)c1)C(C)(C)C. The van der Waals surface area contributed by atoms with Crippen molar-refractivity contribution in [3.8, 4) is 0 Å². The Morgan fingerprint density at radius 1 is 1.24 bits per heavy atom. The van der Waals surface area contributed by atoms with Crippen molar-refractivity contribution in [3.63, 3.8) is 0 Å². The maximum absolute atomic E-state index is 3.49. The highest BCUT2D eigenvalue weighted by atomic mass is 14.8. The first kappa shape index (κ1) is 14.2. The Hall–Kier alpha value is -0.820. The molecule has 0 aliphatic rings. The third-order valence-corrected chi connectivity index (χ3v) is 3.43. The van der Waals surface area contributed by atoms with Crippen molar-refractivity contribution >= 4 is 0 Å². The molecule has 1 unspecified atom stereocenters. The third-order valence-electron chi connectivity index (χ3n) is 3.43. The molecule has 1 heteroatoms. The molecule has 17 heavy (non-hydrogen) atoms. The van der Waals surface area contributed by atoms with Crippen LogP contribution in [0.15, 0.2) is 24.3 Å². The predicted octanol–water partition coefficient (Wildman–Crippen LogP) is 3.81. The molecule has 0 amide bonds. The van der Waals surface area contributed by atoms with Crippen molar-refractivity contribution in [2.24, 2.45) is 11.3 Å². The van der Waals surface area contributed by atoms with Gasteiger partial charge in [-0.15, -0.1) is 0 Å². The molecule has 0 aliphatic carbocycles. The van der Waals surface area contributed by atoms with Crippen molar-refractivity contribution in [2.75, 3.05) is 13.1 Å². The van der Waals surface area contributed by atoms with Gasteiger partial charge in [0.05, 0.1) is 0 Å². The summed E-state index contributed by atoms with van der Waals surface area (Å²) in [5.74, 6) is 0.684. The highest BCUT2D eigenvalue weighted by Gasteiger charge is 2.24. The van der Waals surface area contributed by atoms with Crippen molar-refractivity contribution in [3.05, 3.63) is 35.4 Å². The second kappa shape index (κ2) is 6.20. The van der Waals surface area contributed by atoms with Crippen LogP contribution in [0.3, 0.4) is 0 Å². The molecule has 96 valence electrons. The fourth-order valence-corrected chi connectivity index (χ4v) is 2.13. The molecule has 0 bridgehead atoms. The van der Waals surface area contributed by atoms with Crippen molar-refractivity contribution in [1.29, 1.82) is 0 Å². The molecular weight excluding hydrogens is 206 g/mol. The van der Waals surface area contributed by atoms with Gasteiger partial charge in [-0.05, 0) is 43.3 Å². The number of hydrogen-bond acceptors (Lipinski definition) is 1. The van der Waals surface area contributed by atoms with Gasteiger partial charge in [-0.2, -0.15) is 0 Å². The van der Waals surface area contributed by atoms with E-state index in [0.717, 1.165) is 19.5 Å². The lowest BCUT2D eigenvalue weighted by Gasteiger charge is -2.31. The Morgan fingerprint density at radius 3 is 2.47 bits per heavy atom. The van der Waals surface area contributed by atoms with E-state index in [4.69, 9.17) is 0 Å².